The van der Waals surface area contributed by atoms with Gasteiger partial charge in [0.2, 0.25) is 6.43 Å². The molecular weight excluding hydrogens is 140 g/mol. The summed E-state index contributed by atoms with van der Waals surface area (Å²) in [7, 11) is 1.73. The number of rotatable bonds is 1. The van der Waals surface area contributed by atoms with E-state index in [2.05, 4.69) is 0 Å². The van der Waals surface area contributed by atoms with Crippen LogP contribution < -0.4 is 0 Å². The van der Waals surface area contributed by atoms with Gasteiger partial charge in [-0.15, -0.1) is 0 Å². The number of nitrogens with zero attached hydrogens (tertiary/aromatic N) is 1. The fraction of sp³-hybridized carbons (Fsp3) is 1.00. The van der Waals surface area contributed by atoms with Crippen LogP contribution in [0, 0.1) is 5.92 Å². The first-order valence-corrected chi connectivity index (χ1v) is 3.26. The van der Waals surface area contributed by atoms with Crippen LogP contribution in [0.1, 0.15) is 0 Å². The number of alkyl halides is 2. The number of aliphatic hydroxyl groups is 1. The lowest BCUT2D eigenvalue weighted by atomic mass is 10.1. The van der Waals surface area contributed by atoms with Gasteiger partial charge >= 0.3 is 0 Å². The SMILES string of the molecule is CN1C[C@@H](O)[C@H](C(F)F)C1. The molecule has 0 unspecified atom stereocenters. The Morgan fingerprint density at radius 3 is 2.30 bits per heavy atom. The van der Waals surface area contributed by atoms with E-state index >= 15 is 0 Å². The van der Waals surface area contributed by atoms with Crippen molar-refractivity contribution < 1.29 is 13.9 Å². The van der Waals surface area contributed by atoms with Gasteiger partial charge in [0.25, 0.3) is 0 Å². The van der Waals surface area contributed by atoms with Gasteiger partial charge in [-0.1, -0.05) is 0 Å². The van der Waals surface area contributed by atoms with Crippen LogP contribution in [-0.2, 0) is 0 Å². The molecule has 0 aliphatic carbocycles. The Bertz CT molecular complexity index is 120. The van der Waals surface area contributed by atoms with E-state index < -0.39 is 18.4 Å². The van der Waals surface area contributed by atoms with Crippen LogP contribution in [0.2, 0.25) is 0 Å². The second-order valence-electron chi connectivity index (χ2n) is 2.79. The zero-order valence-electron chi connectivity index (χ0n) is 5.80. The summed E-state index contributed by atoms with van der Waals surface area (Å²) < 4.78 is 24.0. The highest BCUT2D eigenvalue weighted by atomic mass is 19.3. The van der Waals surface area contributed by atoms with Gasteiger partial charge in [0, 0.05) is 13.1 Å². The van der Waals surface area contributed by atoms with Crippen molar-refractivity contribution in [1.82, 2.24) is 4.90 Å². The molecule has 4 heteroatoms. The average molecular weight is 151 g/mol. The number of likely N-dealkylation sites (N-methyl/N-ethyl adjacent to an activating group) is 1. The van der Waals surface area contributed by atoms with Crippen molar-refractivity contribution in [2.75, 3.05) is 20.1 Å². The number of aliphatic hydroxyl groups excluding tert-OH is 1. The first kappa shape index (κ1) is 7.88. The van der Waals surface area contributed by atoms with E-state index in [-0.39, 0.29) is 0 Å². The summed E-state index contributed by atoms with van der Waals surface area (Å²) in [6.45, 7) is 0.674. The van der Waals surface area contributed by atoms with Gasteiger partial charge in [0.05, 0.1) is 12.0 Å². The van der Waals surface area contributed by atoms with Crippen LogP contribution in [0.4, 0.5) is 8.78 Å². The van der Waals surface area contributed by atoms with Crippen molar-refractivity contribution in [3.8, 4) is 0 Å². The molecule has 0 aromatic rings. The van der Waals surface area contributed by atoms with Crippen molar-refractivity contribution >= 4 is 0 Å². The molecule has 0 radical (unpaired) electrons. The number of likely N-dealkylation sites (tertiary alicyclic amines) is 1. The molecule has 1 fully saturated rings. The molecular formula is C6H11F2NO. The normalized spacial score (nSPS) is 35.7. The lowest BCUT2D eigenvalue weighted by Crippen LogP contribution is -2.24. The minimum atomic E-state index is -2.39. The van der Waals surface area contributed by atoms with Gasteiger partial charge in [0.15, 0.2) is 0 Å². The predicted molar refractivity (Wildman–Crippen MR) is 33.0 cm³/mol. The summed E-state index contributed by atoms with van der Waals surface area (Å²) in [4.78, 5) is 1.71. The van der Waals surface area contributed by atoms with Gasteiger partial charge in [-0.2, -0.15) is 0 Å². The highest BCUT2D eigenvalue weighted by Crippen LogP contribution is 2.21. The fourth-order valence-electron chi connectivity index (χ4n) is 1.26. The molecule has 2 nitrogen and oxygen atoms in total. The van der Waals surface area contributed by atoms with Gasteiger partial charge < -0.3 is 10.0 Å². The first-order chi connectivity index (χ1) is 4.61. The quantitative estimate of drug-likeness (QED) is 0.577. The maximum atomic E-state index is 12.0. The average Bonchev–Trinajstić information content (AvgIpc) is 2.10. The van der Waals surface area contributed by atoms with Gasteiger partial charge in [-0.3, -0.25) is 0 Å². The largest absolute Gasteiger partial charge is 0.391 e. The second-order valence-corrected chi connectivity index (χ2v) is 2.79. The van der Waals surface area contributed by atoms with Crippen LogP contribution in [0.3, 0.4) is 0 Å². The van der Waals surface area contributed by atoms with Crippen molar-refractivity contribution in [2.24, 2.45) is 5.92 Å². The molecule has 1 rings (SSSR count). The number of halogens is 2. The van der Waals surface area contributed by atoms with Gasteiger partial charge in [0.1, 0.15) is 0 Å². The summed E-state index contributed by atoms with van der Waals surface area (Å²) in [6, 6.07) is 0. The van der Waals surface area contributed by atoms with Crippen LogP contribution in [0.15, 0.2) is 0 Å². The van der Waals surface area contributed by atoms with Crippen molar-refractivity contribution in [1.29, 1.82) is 0 Å². The molecule has 0 spiro atoms. The van der Waals surface area contributed by atoms with E-state index in [4.69, 9.17) is 5.11 Å². The Hall–Kier alpha value is -0.220. The van der Waals surface area contributed by atoms with Crippen LogP contribution in [0.25, 0.3) is 0 Å². The molecule has 0 amide bonds. The summed E-state index contributed by atoms with van der Waals surface area (Å²) in [5.74, 6) is -0.843. The summed E-state index contributed by atoms with van der Waals surface area (Å²) >= 11 is 0. The molecule has 2 atom stereocenters. The lowest BCUT2D eigenvalue weighted by Gasteiger charge is -2.10. The van der Waals surface area contributed by atoms with E-state index in [0.29, 0.717) is 13.1 Å². The Labute approximate surface area is 58.4 Å². The zero-order chi connectivity index (χ0) is 7.72. The Kier molecular flexibility index (Phi) is 2.21. The summed E-state index contributed by atoms with van der Waals surface area (Å²) in [5, 5.41) is 9.01. The Morgan fingerprint density at radius 2 is 2.10 bits per heavy atom. The minimum Gasteiger partial charge on any atom is -0.391 e. The monoisotopic (exact) mass is 151 g/mol. The van der Waals surface area contributed by atoms with Crippen LogP contribution in [-0.4, -0.2) is 42.7 Å². The topological polar surface area (TPSA) is 23.5 Å². The maximum absolute atomic E-state index is 12.0. The number of hydrogen-bond acceptors (Lipinski definition) is 2. The molecule has 0 aromatic heterocycles. The van der Waals surface area contributed by atoms with E-state index in [9.17, 15) is 8.78 Å². The Morgan fingerprint density at radius 1 is 1.50 bits per heavy atom. The highest BCUT2D eigenvalue weighted by Gasteiger charge is 2.35. The lowest BCUT2D eigenvalue weighted by molar-refractivity contribution is 0.0202. The predicted octanol–water partition coefficient (Wildman–Crippen LogP) is 0.174. The molecule has 10 heavy (non-hydrogen) atoms. The van der Waals surface area contributed by atoms with Crippen molar-refractivity contribution in [3.05, 3.63) is 0 Å². The van der Waals surface area contributed by atoms with Crippen molar-refractivity contribution in [3.63, 3.8) is 0 Å². The van der Waals surface area contributed by atoms with Crippen LogP contribution >= 0.6 is 0 Å². The number of β-amino-alcohol motifs (C(OH)–C–C–N with tert-alkyl or cyclic N) is 1. The molecule has 0 aromatic carbocycles. The summed E-state index contributed by atoms with van der Waals surface area (Å²) in [5.41, 5.74) is 0. The van der Waals surface area contributed by atoms with Crippen LogP contribution in [0.5, 0.6) is 0 Å². The number of hydrogen-bond donors (Lipinski definition) is 1. The third-order valence-electron chi connectivity index (χ3n) is 1.84. The molecule has 1 N–H and O–H groups in total. The third-order valence-corrected chi connectivity index (χ3v) is 1.84. The first-order valence-electron chi connectivity index (χ1n) is 3.26. The fourth-order valence-corrected chi connectivity index (χ4v) is 1.26. The van der Waals surface area contributed by atoms with Gasteiger partial charge in [-0.25, -0.2) is 8.78 Å². The summed E-state index contributed by atoms with van der Waals surface area (Å²) in [6.07, 6.45) is -3.23. The molecule has 1 aliphatic rings. The zero-order valence-corrected chi connectivity index (χ0v) is 5.80. The molecule has 0 bridgehead atoms. The standard InChI is InChI=1S/C6H11F2NO/c1-9-2-4(6(7)8)5(10)3-9/h4-6,10H,2-3H2,1H3/t4-,5-/m1/s1. The highest BCUT2D eigenvalue weighted by molar-refractivity contribution is 4.82. The second kappa shape index (κ2) is 2.80. The van der Waals surface area contributed by atoms with E-state index in [1.54, 1.807) is 11.9 Å². The smallest absolute Gasteiger partial charge is 0.245 e. The molecule has 1 aliphatic heterocycles. The molecule has 1 heterocycles. The van der Waals surface area contributed by atoms with Crippen molar-refractivity contribution in [2.45, 2.75) is 12.5 Å². The molecule has 0 saturated carbocycles. The van der Waals surface area contributed by atoms with E-state index in [0.717, 1.165) is 0 Å². The van der Waals surface area contributed by atoms with E-state index in [1.165, 1.54) is 0 Å². The minimum absolute atomic E-state index is 0.304. The maximum Gasteiger partial charge on any atom is 0.245 e. The molecule has 1 saturated heterocycles. The van der Waals surface area contributed by atoms with Gasteiger partial charge in [-0.05, 0) is 7.05 Å². The molecule has 60 valence electrons. The Balaban J connectivity index is 2.46. The third kappa shape index (κ3) is 1.44. The van der Waals surface area contributed by atoms with E-state index in [1.807, 2.05) is 0 Å².